The van der Waals surface area contributed by atoms with Crippen LogP contribution in [0, 0.1) is 0 Å². The van der Waals surface area contributed by atoms with Gasteiger partial charge in [0.15, 0.2) is 6.61 Å². The Bertz CT molecular complexity index is 955. The van der Waals surface area contributed by atoms with Gasteiger partial charge in [-0.3, -0.25) is 4.79 Å². The van der Waals surface area contributed by atoms with Crippen molar-refractivity contribution in [2.75, 3.05) is 45.9 Å². The first-order valence-corrected chi connectivity index (χ1v) is 11.7. The number of carbonyl (C=O) groups excluding carboxylic acids is 2. The molecule has 2 fully saturated rings. The van der Waals surface area contributed by atoms with Crippen LogP contribution in [0.3, 0.4) is 0 Å². The molecule has 2 aliphatic heterocycles. The molecule has 5 rings (SSSR count). The molecule has 0 radical (unpaired) electrons. The molecule has 3 heterocycles. The van der Waals surface area contributed by atoms with Crippen molar-refractivity contribution in [1.29, 1.82) is 0 Å². The number of ether oxygens (including phenoxy) is 1. The molecule has 1 aliphatic carbocycles. The fraction of sp³-hybridized carbons (Fsp3) is 0.583. The molecular formula is C24H31N3O4. The Balaban J connectivity index is 1.14. The summed E-state index contributed by atoms with van der Waals surface area (Å²) < 4.78 is 11.8. The van der Waals surface area contributed by atoms with Crippen molar-refractivity contribution in [2.24, 2.45) is 0 Å². The molecule has 3 amide bonds. The SMILES string of the molecule is O=C(COc1ccc2oc3c(c2c1)CCCC3)N1CCN(C(=O)N2CCCCC2)CC1. The predicted molar refractivity (Wildman–Crippen MR) is 117 cm³/mol. The van der Waals surface area contributed by atoms with E-state index in [1.807, 2.05) is 28.0 Å². The maximum Gasteiger partial charge on any atom is 0.320 e. The molecule has 2 saturated heterocycles. The highest BCUT2D eigenvalue weighted by Crippen LogP contribution is 2.34. The van der Waals surface area contributed by atoms with Gasteiger partial charge in [0.1, 0.15) is 17.1 Å². The van der Waals surface area contributed by atoms with Crippen molar-refractivity contribution in [3.8, 4) is 5.75 Å². The van der Waals surface area contributed by atoms with Crippen LogP contribution in [0.2, 0.25) is 0 Å². The van der Waals surface area contributed by atoms with E-state index < -0.39 is 0 Å². The number of amides is 3. The van der Waals surface area contributed by atoms with Gasteiger partial charge >= 0.3 is 6.03 Å². The van der Waals surface area contributed by atoms with Crippen molar-refractivity contribution in [3.05, 3.63) is 29.5 Å². The summed E-state index contributed by atoms with van der Waals surface area (Å²) in [6.07, 6.45) is 7.82. The van der Waals surface area contributed by atoms with E-state index >= 15 is 0 Å². The number of nitrogens with zero attached hydrogens (tertiary/aromatic N) is 3. The summed E-state index contributed by atoms with van der Waals surface area (Å²) in [6.45, 7) is 4.05. The maximum atomic E-state index is 12.7. The topological polar surface area (TPSA) is 66.2 Å². The summed E-state index contributed by atoms with van der Waals surface area (Å²) >= 11 is 0. The summed E-state index contributed by atoms with van der Waals surface area (Å²) in [6, 6.07) is 5.95. The van der Waals surface area contributed by atoms with Crippen LogP contribution in [0.4, 0.5) is 4.79 Å². The minimum Gasteiger partial charge on any atom is -0.484 e. The minimum atomic E-state index is -0.0283. The summed E-state index contributed by atoms with van der Waals surface area (Å²) in [5, 5.41) is 1.12. The number of urea groups is 1. The molecule has 31 heavy (non-hydrogen) atoms. The number of furan rings is 1. The fourth-order valence-corrected chi connectivity index (χ4v) is 5.00. The second-order valence-corrected chi connectivity index (χ2v) is 8.86. The molecule has 0 atom stereocenters. The molecule has 3 aliphatic rings. The predicted octanol–water partition coefficient (Wildman–Crippen LogP) is 3.44. The highest BCUT2D eigenvalue weighted by Gasteiger charge is 2.28. The third-order valence-electron chi connectivity index (χ3n) is 6.82. The van der Waals surface area contributed by atoms with Gasteiger partial charge in [-0.15, -0.1) is 0 Å². The number of hydrogen-bond donors (Lipinski definition) is 0. The first-order valence-electron chi connectivity index (χ1n) is 11.7. The Hall–Kier alpha value is -2.70. The maximum absolute atomic E-state index is 12.7. The van der Waals surface area contributed by atoms with E-state index in [1.54, 1.807) is 4.90 Å². The first-order chi connectivity index (χ1) is 15.2. The van der Waals surface area contributed by atoms with Crippen molar-refractivity contribution >= 4 is 22.9 Å². The van der Waals surface area contributed by atoms with Crippen LogP contribution in [-0.2, 0) is 17.6 Å². The van der Waals surface area contributed by atoms with Gasteiger partial charge in [-0.05, 0) is 56.7 Å². The van der Waals surface area contributed by atoms with Crippen LogP contribution in [0.15, 0.2) is 22.6 Å². The van der Waals surface area contributed by atoms with Crippen molar-refractivity contribution in [3.63, 3.8) is 0 Å². The minimum absolute atomic E-state index is 0.0195. The Morgan fingerprint density at radius 2 is 1.55 bits per heavy atom. The number of piperidine rings is 1. The van der Waals surface area contributed by atoms with E-state index in [2.05, 4.69) is 0 Å². The van der Waals surface area contributed by atoms with Crippen LogP contribution in [0.5, 0.6) is 5.75 Å². The summed E-state index contributed by atoms with van der Waals surface area (Å²) in [5.41, 5.74) is 2.20. The van der Waals surface area contributed by atoms with E-state index in [0.29, 0.717) is 31.9 Å². The number of hydrogen-bond acceptors (Lipinski definition) is 4. The zero-order valence-corrected chi connectivity index (χ0v) is 18.1. The Kier molecular flexibility index (Phi) is 5.74. The van der Waals surface area contributed by atoms with Gasteiger partial charge in [0.05, 0.1) is 0 Å². The molecule has 0 saturated carbocycles. The molecule has 7 nitrogen and oxygen atoms in total. The first kappa shape index (κ1) is 20.2. The van der Waals surface area contributed by atoms with Gasteiger partial charge in [0.2, 0.25) is 0 Å². The average molecular weight is 426 g/mol. The third-order valence-corrected chi connectivity index (χ3v) is 6.82. The molecule has 7 heteroatoms. The second-order valence-electron chi connectivity index (χ2n) is 8.86. The molecule has 0 unspecified atom stereocenters. The number of piperazine rings is 1. The van der Waals surface area contributed by atoms with E-state index in [1.165, 1.54) is 24.8 Å². The van der Waals surface area contributed by atoms with Gasteiger partial charge < -0.3 is 23.9 Å². The highest BCUT2D eigenvalue weighted by atomic mass is 16.5. The molecule has 1 aromatic carbocycles. The van der Waals surface area contributed by atoms with Crippen molar-refractivity contribution in [2.45, 2.75) is 44.9 Å². The van der Waals surface area contributed by atoms with Gasteiger partial charge in [-0.2, -0.15) is 0 Å². The van der Waals surface area contributed by atoms with Crippen LogP contribution in [0.1, 0.15) is 43.4 Å². The normalized spacial score (nSPS) is 19.4. The Morgan fingerprint density at radius 3 is 2.35 bits per heavy atom. The van der Waals surface area contributed by atoms with Crippen molar-refractivity contribution < 1.29 is 18.7 Å². The van der Waals surface area contributed by atoms with Gasteiger partial charge in [0, 0.05) is 56.6 Å². The number of benzene rings is 1. The van der Waals surface area contributed by atoms with E-state index in [0.717, 1.165) is 55.5 Å². The Labute approximate surface area is 182 Å². The monoisotopic (exact) mass is 425 g/mol. The highest BCUT2D eigenvalue weighted by molar-refractivity contribution is 5.84. The number of likely N-dealkylation sites (tertiary alicyclic amines) is 1. The lowest BCUT2D eigenvalue weighted by molar-refractivity contribution is -0.134. The number of aryl methyl sites for hydroxylation is 2. The van der Waals surface area contributed by atoms with Crippen LogP contribution in [-0.4, -0.2) is 72.5 Å². The van der Waals surface area contributed by atoms with Crippen LogP contribution >= 0.6 is 0 Å². The molecule has 2 aromatic rings. The smallest absolute Gasteiger partial charge is 0.320 e. The molecule has 0 bridgehead atoms. The largest absolute Gasteiger partial charge is 0.484 e. The molecule has 1 aromatic heterocycles. The van der Waals surface area contributed by atoms with E-state index in [-0.39, 0.29) is 18.5 Å². The second kappa shape index (κ2) is 8.81. The third kappa shape index (κ3) is 4.23. The lowest BCUT2D eigenvalue weighted by atomic mass is 9.96. The average Bonchev–Trinajstić information content (AvgIpc) is 3.21. The van der Waals surface area contributed by atoms with Crippen LogP contribution in [0.25, 0.3) is 11.0 Å². The molecule has 166 valence electrons. The Morgan fingerprint density at radius 1 is 0.839 bits per heavy atom. The van der Waals surface area contributed by atoms with Crippen LogP contribution < -0.4 is 4.74 Å². The lowest BCUT2D eigenvalue weighted by Crippen LogP contribution is -2.55. The summed E-state index contributed by atoms with van der Waals surface area (Å²) in [4.78, 5) is 30.9. The number of fused-ring (bicyclic) bond motifs is 3. The standard InChI is InChI=1S/C24H31N3O4/c28-23(25-12-14-27(15-13-25)24(29)26-10-4-1-5-11-26)17-30-18-8-9-22-20(16-18)19-6-2-3-7-21(19)31-22/h8-9,16H,1-7,10-15,17H2. The fourth-order valence-electron chi connectivity index (χ4n) is 5.00. The van der Waals surface area contributed by atoms with Gasteiger partial charge in [-0.1, -0.05) is 0 Å². The van der Waals surface area contributed by atoms with Gasteiger partial charge in [0.25, 0.3) is 5.91 Å². The number of rotatable bonds is 3. The quantitative estimate of drug-likeness (QED) is 0.756. The van der Waals surface area contributed by atoms with E-state index in [9.17, 15) is 9.59 Å². The molecular weight excluding hydrogens is 394 g/mol. The lowest BCUT2D eigenvalue weighted by Gasteiger charge is -2.38. The van der Waals surface area contributed by atoms with Gasteiger partial charge in [-0.25, -0.2) is 4.79 Å². The summed E-state index contributed by atoms with van der Waals surface area (Å²) in [7, 11) is 0. The summed E-state index contributed by atoms with van der Waals surface area (Å²) in [5.74, 6) is 1.78. The van der Waals surface area contributed by atoms with E-state index in [4.69, 9.17) is 9.15 Å². The zero-order valence-electron chi connectivity index (χ0n) is 18.1. The molecule has 0 N–H and O–H groups in total. The molecule has 0 spiro atoms. The zero-order chi connectivity index (χ0) is 21.2. The number of carbonyl (C=O) groups is 2. The van der Waals surface area contributed by atoms with Crippen molar-refractivity contribution in [1.82, 2.24) is 14.7 Å².